The minimum atomic E-state index is -3.98. The van der Waals surface area contributed by atoms with Crippen LogP contribution in [0.4, 0.5) is 19.0 Å². The van der Waals surface area contributed by atoms with E-state index in [0.29, 0.717) is 16.2 Å². The first-order valence-electron chi connectivity index (χ1n) is 12.9. The maximum absolute atomic E-state index is 14.7. The fraction of sp³-hybridized carbons (Fsp3) is 0.423. The van der Waals surface area contributed by atoms with Crippen LogP contribution in [0.5, 0.6) is 5.75 Å². The standard InChI is InChI=1S/C26H30F3N4O8PS/c1-13(2)39-23(36)14(3)32-42(43,41-18-10-6-8-15-7-4-5-9-16(15)18)38-12-26(24(28)29)20(35)19(34)22(40-26)33-11-17(27)21(30)31-25(33)37/h4-11,13-14,19-20,22,24,34-35H,12H2,1-3H3,(H,32,43)(H2,30,31,37)/t14-,19+,20-,22+,26+,42?/m0/s1. The Morgan fingerprint density at radius 2 is 1.91 bits per heavy atom. The number of nitrogens with zero attached hydrogens (tertiary/aromatic N) is 2. The fourth-order valence-corrected chi connectivity index (χ4v) is 6.76. The second-order valence-corrected chi connectivity index (χ2v) is 13.2. The normalized spacial score (nSPS) is 24.3. The van der Waals surface area contributed by atoms with Gasteiger partial charge < -0.3 is 34.5 Å². The van der Waals surface area contributed by atoms with E-state index in [0.717, 1.165) is 5.39 Å². The summed E-state index contributed by atoms with van der Waals surface area (Å²) in [6, 6.07) is 10.9. The van der Waals surface area contributed by atoms with Gasteiger partial charge in [0.1, 0.15) is 24.0 Å². The summed E-state index contributed by atoms with van der Waals surface area (Å²) in [6.45, 7) is -0.509. The van der Waals surface area contributed by atoms with Gasteiger partial charge in [-0.3, -0.25) is 9.36 Å². The lowest BCUT2D eigenvalue weighted by Gasteiger charge is -2.34. The van der Waals surface area contributed by atoms with Gasteiger partial charge in [-0.05, 0) is 44.0 Å². The minimum absolute atomic E-state index is 0.199. The summed E-state index contributed by atoms with van der Waals surface area (Å²) in [7, 11) is 0. The SMILES string of the molecule is CC(C)OC(=O)[C@H](C)NP(=S)(OC[C@@]1(C(F)F)O[C@@H](n2cc(F)c(N)nc2=O)[C@H](O)[C@@H]1O)Oc1cccc2ccccc12. The van der Waals surface area contributed by atoms with Gasteiger partial charge in [0, 0.05) is 5.39 Å². The molecule has 1 aromatic heterocycles. The van der Waals surface area contributed by atoms with Crippen LogP contribution in [0.25, 0.3) is 10.8 Å². The highest BCUT2D eigenvalue weighted by Crippen LogP contribution is 2.50. The molecule has 0 amide bonds. The molecule has 4 rings (SSSR count). The third-order valence-electron chi connectivity index (χ3n) is 6.52. The number of carbonyl (C=O) groups excluding carboxylic acids is 1. The Morgan fingerprint density at radius 3 is 2.58 bits per heavy atom. The van der Waals surface area contributed by atoms with Gasteiger partial charge in [0.15, 0.2) is 23.5 Å². The van der Waals surface area contributed by atoms with E-state index in [-0.39, 0.29) is 5.75 Å². The van der Waals surface area contributed by atoms with Gasteiger partial charge in [0.2, 0.25) is 0 Å². The first kappa shape index (κ1) is 32.8. The number of rotatable bonds is 11. The lowest BCUT2D eigenvalue weighted by atomic mass is 9.96. The van der Waals surface area contributed by atoms with Crippen LogP contribution in [0.1, 0.15) is 27.0 Å². The number of carbonyl (C=O) groups is 1. The number of anilines is 1. The lowest BCUT2D eigenvalue weighted by molar-refractivity contribution is -0.192. The number of aliphatic hydroxyl groups excluding tert-OH is 2. The minimum Gasteiger partial charge on any atom is -0.462 e. The summed E-state index contributed by atoms with van der Waals surface area (Å²) in [5.41, 5.74) is 1.06. The first-order chi connectivity index (χ1) is 20.2. The summed E-state index contributed by atoms with van der Waals surface area (Å²) in [5, 5.41) is 25.5. The molecule has 12 nitrogen and oxygen atoms in total. The monoisotopic (exact) mass is 646 g/mol. The predicted molar refractivity (Wildman–Crippen MR) is 152 cm³/mol. The number of ether oxygens (including phenoxy) is 2. The van der Waals surface area contributed by atoms with Crippen molar-refractivity contribution < 1.29 is 46.7 Å². The van der Waals surface area contributed by atoms with Crippen LogP contribution in [-0.2, 0) is 30.6 Å². The maximum atomic E-state index is 14.7. The van der Waals surface area contributed by atoms with Gasteiger partial charge in [0.05, 0.1) is 18.9 Å². The Labute approximate surface area is 248 Å². The second-order valence-electron chi connectivity index (χ2n) is 10.0. The number of esters is 1. The molecule has 0 saturated carbocycles. The Kier molecular flexibility index (Phi) is 9.81. The maximum Gasteiger partial charge on any atom is 0.351 e. The zero-order chi connectivity index (χ0) is 31.7. The number of fused-ring (bicyclic) bond motifs is 1. The summed E-state index contributed by atoms with van der Waals surface area (Å²) >= 11 is 5.64. The highest BCUT2D eigenvalue weighted by atomic mass is 32.5. The average Bonchev–Trinajstić information content (AvgIpc) is 3.20. The molecule has 3 aromatic rings. The molecule has 1 unspecified atom stereocenters. The van der Waals surface area contributed by atoms with E-state index in [1.807, 2.05) is 0 Å². The molecule has 2 heterocycles. The van der Waals surface area contributed by atoms with E-state index < -0.39 is 79.2 Å². The Balaban J connectivity index is 1.69. The lowest BCUT2D eigenvalue weighted by Crippen LogP contribution is -2.53. The zero-order valence-corrected chi connectivity index (χ0v) is 24.8. The summed E-state index contributed by atoms with van der Waals surface area (Å²) in [6.07, 6.45) is -10.0. The molecular formula is C26H30F3N4O8PS. The molecule has 0 radical (unpaired) electrons. The van der Waals surface area contributed by atoms with Crippen LogP contribution in [0.15, 0.2) is 53.5 Å². The molecule has 234 valence electrons. The molecular weight excluding hydrogens is 616 g/mol. The van der Waals surface area contributed by atoms with Crippen molar-refractivity contribution in [2.75, 3.05) is 12.3 Å². The summed E-state index contributed by atoms with van der Waals surface area (Å²) in [5.74, 6) is -2.49. The van der Waals surface area contributed by atoms with Crippen LogP contribution >= 0.6 is 6.64 Å². The third kappa shape index (κ3) is 6.85. The van der Waals surface area contributed by atoms with Gasteiger partial charge >= 0.3 is 18.3 Å². The largest absolute Gasteiger partial charge is 0.462 e. The molecule has 2 aromatic carbocycles. The van der Waals surface area contributed by atoms with E-state index in [2.05, 4.69) is 10.1 Å². The van der Waals surface area contributed by atoms with Crippen molar-refractivity contribution in [1.29, 1.82) is 0 Å². The molecule has 17 heteroatoms. The van der Waals surface area contributed by atoms with Gasteiger partial charge in [-0.1, -0.05) is 36.4 Å². The zero-order valence-electron chi connectivity index (χ0n) is 23.1. The number of hydrogen-bond donors (Lipinski definition) is 4. The molecule has 1 aliphatic heterocycles. The number of benzene rings is 2. The molecule has 1 aliphatic rings. The van der Waals surface area contributed by atoms with Gasteiger partial charge in [-0.15, -0.1) is 0 Å². The Hall–Kier alpha value is -3.11. The highest BCUT2D eigenvalue weighted by Gasteiger charge is 2.61. The van der Waals surface area contributed by atoms with Crippen LogP contribution in [0.3, 0.4) is 0 Å². The van der Waals surface area contributed by atoms with E-state index >= 15 is 0 Å². The molecule has 1 fully saturated rings. The predicted octanol–water partition coefficient (Wildman–Crippen LogP) is 2.62. The van der Waals surface area contributed by atoms with Crippen molar-refractivity contribution in [3.63, 3.8) is 0 Å². The van der Waals surface area contributed by atoms with Crippen molar-refractivity contribution in [3.05, 3.63) is 65.0 Å². The molecule has 1 saturated heterocycles. The summed E-state index contributed by atoms with van der Waals surface area (Å²) in [4.78, 5) is 28.1. The highest BCUT2D eigenvalue weighted by molar-refractivity contribution is 8.09. The van der Waals surface area contributed by atoms with Crippen LogP contribution in [0, 0.1) is 5.82 Å². The van der Waals surface area contributed by atoms with E-state index in [1.54, 1.807) is 56.3 Å². The summed E-state index contributed by atoms with van der Waals surface area (Å²) < 4.78 is 66.2. The van der Waals surface area contributed by atoms with Gasteiger partial charge in [0.25, 0.3) is 6.43 Å². The topological polar surface area (TPSA) is 167 Å². The Morgan fingerprint density at radius 1 is 1.23 bits per heavy atom. The molecule has 0 bridgehead atoms. The third-order valence-corrected chi connectivity index (χ3v) is 8.99. The number of aromatic nitrogens is 2. The molecule has 43 heavy (non-hydrogen) atoms. The molecule has 0 spiro atoms. The smallest absolute Gasteiger partial charge is 0.351 e. The number of nitrogen functional groups attached to an aromatic ring is 1. The van der Waals surface area contributed by atoms with Crippen molar-refractivity contribution in [1.82, 2.24) is 14.6 Å². The fourth-order valence-electron chi connectivity index (χ4n) is 4.34. The van der Waals surface area contributed by atoms with Crippen LogP contribution in [-0.4, -0.2) is 68.7 Å². The first-order valence-corrected chi connectivity index (χ1v) is 15.6. The van der Waals surface area contributed by atoms with Gasteiger partial charge in [-0.25, -0.2) is 23.1 Å². The number of alkyl halides is 2. The average molecular weight is 647 g/mol. The molecule has 0 aliphatic carbocycles. The van der Waals surface area contributed by atoms with E-state index in [1.165, 1.54) is 6.92 Å². The van der Waals surface area contributed by atoms with Crippen molar-refractivity contribution in [2.24, 2.45) is 0 Å². The van der Waals surface area contributed by atoms with Crippen molar-refractivity contribution in [2.45, 2.75) is 63.4 Å². The number of nitrogens with one attached hydrogen (secondary N) is 1. The van der Waals surface area contributed by atoms with Gasteiger partial charge in [-0.2, -0.15) is 4.98 Å². The number of hydrogen-bond acceptors (Lipinski definition) is 11. The number of halogens is 3. The van der Waals surface area contributed by atoms with Crippen molar-refractivity contribution in [3.8, 4) is 5.75 Å². The van der Waals surface area contributed by atoms with Crippen LogP contribution in [0.2, 0.25) is 0 Å². The van der Waals surface area contributed by atoms with E-state index in [4.69, 9.17) is 36.1 Å². The van der Waals surface area contributed by atoms with E-state index in [9.17, 15) is 33.0 Å². The number of nitrogens with two attached hydrogens (primary N) is 1. The quantitative estimate of drug-likeness (QED) is 0.178. The molecule has 5 N–H and O–H groups in total. The molecule has 6 atom stereocenters. The number of aliphatic hydroxyl groups is 2. The Bertz CT molecular complexity index is 1590. The second kappa shape index (κ2) is 12.9. The van der Waals surface area contributed by atoms with Crippen molar-refractivity contribution >= 4 is 41.0 Å². The van der Waals surface area contributed by atoms with Crippen LogP contribution < -0.4 is 21.0 Å².